The van der Waals surface area contributed by atoms with Gasteiger partial charge in [-0.25, -0.2) is 0 Å². The van der Waals surface area contributed by atoms with Crippen LogP contribution in [0.15, 0.2) is 48.6 Å². The second-order valence-electron chi connectivity index (χ2n) is 6.86. The maximum Gasteiger partial charge on any atom is 0.262 e. The molecule has 3 aromatic rings. The van der Waals surface area contributed by atoms with Gasteiger partial charge in [0.1, 0.15) is 0 Å². The van der Waals surface area contributed by atoms with E-state index in [0.29, 0.717) is 40.5 Å². The highest BCUT2D eigenvalue weighted by molar-refractivity contribution is 9.10. The first-order chi connectivity index (χ1) is 14.5. The Hall–Kier alpha value is -2.24. The Morgan fingerprint density at radius 3 is 1.80 bits per heavy atom. The van der Waals surface area contributed by atoms with Crippen LogP contribution in [0.2, 0.25) is 0 Å². The molecule has 2 aromatic heterocycles. The van der Waals surface area contributed by atoms with Gasteiger partial charge in [-0.3, -0.25) is 18.7 Å². The van der Waals surface area contributed by atoms with Gasteiger partial charge in [0, 0.05) is 29.1 Å². The number of halogens is 1. The van der Waals surface area contributed by atoms with Crippen LogP contribution < -0.4 is 11.1 Å². The third-order valence-electron chi connectivity index (χ3n) is 5.17. The van der Waals surface area contributed by atoms with Gasteiger partial charge < -0.3 is 10.2 Å². The number of fused-ring (bicyclic) bond motifs is 2. The van der Waals surface area contributed by atoms with Crippen LogP contribution in [0.1, 0.15) is 22.6 Å². The Bertz CT molecular complexity index is 1210. The lowest BCUT2D eigenvalue weighted by molar-refractivity contribution is 0.414. The minimum Gasteiger partial charge on any atom is -0.493 e. The predicted octanol–water partition coefficient (Wildman–Crippen LogP) is 2.37. The second-order valence-corrected chi connectivity index (χ2v) is 9.90. The number of nitrogens with zero attached hydrogens (tertiary/aromatic N) is 4. The van der Waals surface area contributed by atoms with Crippen molar-refractivity contribution in [1.29, 1.82) is 0 Å². The molecule has 154 valence electrons. The molecule has 0 bridgehead atoms. The smallest absolute Gasteiger partial charge is 0.262 e. The fourth-order valence-electron chi connectivity index (χ4n) is 3.79. The van der Waals surface area contributed by atoms with Crippen molar-refractivity contribution in [3.8, 4) is 11.8 Å². The lowest BCUT2D eigenvalue weighted by Gasteiger charge is -2.20. The molecule has 0 fully saturated rings. The number of rotatable bonds is 3. The molecule has 4 heterocycles. The van der Waals surface area contributed by atoms with Gasteiger partial charge in [0.15, 0.2) is 10.3 Å². The van der Waals surface area contributed by atoms with Gasteiger partial charge in [0.05, 0.1) is 17.0 Å². The first-order valence-electron chi connectivity index (χ1n) is 9.14. The third kappa shape index (κ3) is 3.07. The van der Waals surface area contributed by atoms with Crippen molar-refractivity contribution in [3.05, 3.63) is 66.1 Å². The molecule has 8 nitrogen and oxygen atoms in total. The molecule has 0 radical (unpaired) electrons. The molecule has 11 heteroatoms. The Morgan fingerprint density at radius 2 is 1.33 bits per heavy atom. The molecule has 0 spiro atoms. The Kier molecular flexibility index (Phi) is 4.91. The molecule has 0 saturated heterocycles. The fourth-order valence-corrected chi connectivity index (χ4v) is 5.93. The zero-order valence-electron chi connectivity index (χ0n) is 15.4. The fraction of sp³-hybridized carbons (Fsp3) is 0.263. The average Bonchev–Trinajstić information content (AvgIpc) is 3.37. The van der Waals surface area contributed by atoms with Gasteiger partial charge in [0.25, 0.3) is 11.1 Å². The van der Waals surface area contributed by atoms with E-state index >= 15 is 0 Å². The van der Waals surface area contributed by atoms with Crippen molar-refractivity contribution in [2.24, 2.45) is 0 Å². The van der Waals surface area contributed by atoms with E-state index in [4.69, 9.17) is 0 Å². The molecule has 0 aliphatic carbocycles. The summed E-state index contributed by atoms with van der Waals surface area (Å²) >= 11 is 6.16. The Labute approximate surface area is 187 Å². The van der Waals surface area contributed by atoms with Crippen LogP contribution in [0, 0.1) is 0 Å². The van der Waals surface area contributed by atoms with E-state index in [1.165, 1.54) is 32.7 Å². The normalized spacial score (nSPS) is 14.9. The van der Waals surface area contributed by atoms with Crippen molar-refractivity contribution >= 4 is 39.5 Å². The van der Waals surface area contributed by atoms with Gasteiger partial charge in [-0.15, -0.1) is 0 Å². The number of hydrogen-bond donors (Lipinski definition) is 2. The molecule has 1 aromatic carbocycles. The van der Waals surface area contributed by atoms with E-state index in [9.17, 15) is 19.8 Å². The maximum absolute atomic E-state index is 13.3. The van der Waals surface area contributed by atoms with Crippen molar-refractivity contribution in [2.45, 2.75) is 29.3 Å². The highest BCUT2D eigenvalue weighted by atomic mass is 79.9. The van der Waals surface area contributed by atoms with E-state index in [1.807, 2.05) is 0 Å². The summed E-state index contributed by atoms with van der Waals surface area (Å²) in [6.07, 6.45) is 0. The molecule has 30 heavy (non-hydrogen) atoms. The van der Waals surface area contributed by atoms with Crippen molar-refractivity contribution in [3.63, 3.8) is 0 Å². The molecule has 0 atom stereocenters. The van der Waals surface area contributed by atoms with Crippen LogP contribution in [-0.4, -0.2) is 40.8 Å². The quantitative estimate of drug-likeness (QED) is 0.520. The third-order valence-corrected chi connectivity index (χ3v) is 7.61. The molecule has 2 aliphatic rings. The summed E-state index contributed by atoms with van der Waals surface area (Å²) in [5.41, 5.74) is -0.352. The number of benzene rings is 1. The number of aromatic nitrogens is 4. The highest BCUT2D eigenvalue weighted by Gasteiger charge is 2.34. The Balaban J connectivity index is 1.83. The molecular formula is C19H15BrN4O4S2. The minimum absolute atomic E-state index is 0.0380. The summed E-state index contributed by atoms with van der Waals surface area (Å²) in [5, 5.41) is 22.3. The molecule has 0 amide bonds. The molecule has 2 aliphatic heterocycles. The van der Waals surface area contributed by atoms with E-state index in [2.05, 4.69) is 25.9 Å². The van der Waals surface area contributed by atoms with Gasteiger partial charge in [-0.05, 0) is 17.7 Å². The highest BCUT2D eigenvalue weighted by Crippen LogP contribution is 2.38. The molecule has 5 rings (SSSR count). The van der Waals surface area contributed by atoms with Crippen LogP contribution in [0.4, 0.5) is 0 Å². The maximum atomic E-state index is 13.3. The zero-order chi connectivity index (χ0) is 21.0. The van der Waals surface area contributed by atoms with Crippen LogP contribution in [0.3, 0.4) is 0 Å². The standard InChI is InChI=1S/C19H15BrN4O4S2/c20-10-3-1-9(2-4-10)11(12-14(25)21-18-23(16(12)27)5-7-29-18)13-15(26)22-19-24(17(13)28)6-8-30-19/h1-4,11,25-26H,5-8H2. The number of thioether (sulfide) groups is 2. The van der Waals surface area contributed by atoms with Crippen LogP contribution in [0.5, 0.6) is 11.8 Å². The Morgan fingerprint density at radius 1 is 0.867 bits per heavy atom. The zero-order valence-corrected chi connectivity index (χ0v) is 18.6. The van der Waals surface area contributed by atoms with E-state index in [-0.39, 0.29) is 11.1 Å². The molecular weight excluding hydrogens is 492 g/mol. The minimum atomic E-state index is -1.01. The first kappa shape index (κ1) is 19.7. The van der Waals surface area contributed by atoms with Crippen molar-refractivity contribution in [1.82, 2.24) is 19.1 Å². The second kappa shape index (κ2) is 7.47. The summed E-state index contributed by atoms with van der Waals surface area (Å²) in [4.78, 5) is 35.0. The summed E-state index contributed by atoms with van der Waals surface area (Å²) in [7, 11) is 0. The monoisotopic (exact) mass is 506 g/mol. The molecule has 0 saturated carbocycles. The lowest BCUT2D eigenvalue weighted by atomic mass is 9.87. The summed E-state index contributed by atoms with van der Waals surface area (Å²) in [5.74, 6) is -0.524. The summed E-state index contributed by atoms with van der Waals surface area (Å²) in [6, 6.07) is 7.04. The number of aromatic hydroxyl groups is 2. The largest absolute Gasteiger partial charge is 0.493 e. The van der Waals surface area contributed by atoms with E-state index in [0.717, 1.165) is 4.47 Å². The topological polar surface area (TPSA) is 110 Å². The number of hydrogen-bond acceptors (Lipinski definition) is 8. The van der Waals surface area contributed by atoms with Crippen LogP contribution in [0.25, 0.3) is 0 Å². The first-order valence-corrected chi connectivity index (χ1v) is 11.9. The van der Waals surface area contributed by atoms with Gasteiger partial charge in [-0.1, -0.05) is 51.6 Å². The van der Waals surface area contributed by atoms with Gasteiger partial charge in [0.2, 0.25) is 11.8 Å². The predicted molar refractivity (Wildman–Crippen MR) is 117 cm³/mol. The SMILES string of the molecule is O=c1c(C(c2ccc(Br)cc2)c2c(O)nc3n(c2=O)CCS3)c(O)nc2n1CCS2. The molecule has 0 unspecified atom stereocenters. The van der Waals surface area contributed by atoms with E-state index in [1.54, 1.807) is 24.3 Å². The average molecular weight is 507 g/mol. The van der Waals surface area contributed by atoms with Gasteiger partial charge in [-0.2, -0.15) is 9.97 Å². The van der Waals surface area contributed by atoms with Crippen molar-refractivity contribution in [2.75, 3.05) is 11.5 Å². The lowest BCUT2D eigenvalue weighted by Crippen LogP contribution is -2.32. The molecule has 2 N–H and O–H groups in total. The summed E-state index contributed by atoms with van der Waals surface area (Å²) < 4.78 is 3.81. The van der Waals surface area contributed by atoms with E-state index < -0.39 is 28.8 Å². The van der Waals surface area contributed by atoms with Crippen molar-refractivity contribution < 1.29 is 10.2 Å². The van der Waals surface area contributed by atoms with Crippen LogP contribution in [-0.2, 0) is 13.1 Å². The van der Waals surface area contributed by atoms with Crippen LogP contribution >= 0.6 is 39.5 Å². The summed E-state index contributed by atoms with van der Waals surface area (Å²) in [6.45, 7) is 0.937. The van der Waals surface area contributed by atoms with Gasteiger partial charge >= 0.3 is 0 Å².